The normalized spacial score (nSPS) is 22.4. The van der Waals surface area contributed by atoms with Crippen LogP contribution in [0.15, 0.2) is 23.8 Å². The number of imide groups is 1. The highest BCUT2D eigenvalue weighted by Crippen LogP contribution is 2.28. The Kier molecular flexibility index (Phi) is 2.82. The minimum Gasteiger partial charge on any atom is -0.321 e. The third kappa shape index (κ3) is 1.97. The van der Waals surface area contributed by atoms with Crippen molar-refractivity contribution >= 4 is 28.4 Å². The summed E-state index contributed by atoms with van der Waals surface area (Å²) in [5, 5.41) is 8.99. The van der Waals surface area contributed by atoms with Gasteiger partial charge in [0, 0.05) is 17.8 Å². The summed E-state index contributed by atoms with van der Waals surface area (Å²) in [5.41, 5.74) is -0.228. The molecule has 1 saturated heterocycles. The number of carbonyl (C=O) groups is 2. The molecule has 0 radical (unpaired) electrons. The van der Waals surface area contributed by atoms with Crippen LogP contribution in [0.25, 0.3) is 0 Å². The van der Waals surface area contributed by atoms with Crippen LogP contribution >= 0.6 is 11.3 Å². The van der Waals surface area contributed by atoms with Crippen molar-refractivity contribution in [2.45, 2.75) is 25.9 Å². The molecule has 1 fully saturated rings. The number of hydrogen-bond acceptors (Lipinski definition) is 5. The fourth-order valence-electron chi connectivity index (χ4n) is 2.13. The minimum absolute atomic E-state index is 0.283. The Morgan fingerprint density at radius 3 is 2.85 bits per heavy atom. The molecule has 3 heterocycles. The maximum Gasteiger partial charge on any atom is 0.331 e. The number of rotatable bonds is 3. The van der Waals surface area contributed by atoms with Gasteiger partial charge in [-0.2, -0.15) is 5.10 Å². The standard InChI is InChI=1S/C12H13N5O2S/c1-8-6-20-11(14-8)17-9(18)12(2,15-10(17)19)7-16-5-3-4-13-16/h3-6H,7H2,1-2H3,(H,15,19). The molecule has 0 saturated carbocycles. The Bertz CT molecular complexity index is 665. The van der Waals surface area contributed by atoms with Crippen LogP contribution in [0.5, 0.6) is 0 Å². The summed E-state index contributed by atoms with van der Waals surface area (Å²) in [6.45, 7) is 3.79. The molecule has 3 amide bonds. The zero-order valence-corrected chi connectivity index (χ0v) is 11.8. The first kappa shape index (κ1) is 12.8. The second-order valence-electron chi connectivity index (χ2n) is 4.88. The van der Waals surface area contributed by atoms with Gasteiger partial charge < -0.3 is 5.32 Å². The van der Waals surface area contributed by atoms with E-state index >= 15 is 0 Å². The lowest BCUT2D eigenvalue weighted by Crippen LogP contribution is -2.47. The lowest BCUT2D eigenvalue weighted by Gasteiger charge is -2.20. The Hall–Kier alpha value is -2.22. The Morgan fingerprint density at radius 2 is 2.25 bits per heavy atom. The van der Waals surface area contributed by atoms with Crippen LogP contribution in [0.3, 0.4) is 0 Å². The molecule has 8 heteroatoms. The molecule has 7 nitrogen and oxygen atoms in total. The minimum atomic E-state index is -1.01. The van der Waals surface area contributed by atoms with E-state index in [1.807, 2.05) is 6.92 Å². The van der Waals surface area contributed by atoms with E-state index in [-0.39, 0.29) is 12.5 Å². The van der Waals surface area contributed by atoms with Gasteiger partial charge in [-0.3, -0.25) is 9.48 Å². The van der Waals surface area contributed by atoms with Crippen molar-refractivity contribution in [1.82, 2.24) is 20.1 Å². The van der Waals surface area contributed by atoms with Crippen LogP contribution in [0.4, 0.5) is 9.93 Å². The highest BCUT2D eigenvalue weighted by molar-refractivity contribution is 7.14. The van der Waals surface area contributed by atoms with E-state index in [2.05, 4.69) is 15.4 Å². The maximum atomic E-state index is 12.5. The van der Waals surface area contributed by atoms with Crippen LogP contribution < -0.4 is 10.2 Å². The van der Waals surface area contributed by atoms with Crippen molar-refractivity contribution in [2.24, 2.45) is 0 Å². The third-order valence-electron chi connectivity index (χ3n) is 3.10. The van der Waals surface area contributed by atoms with Crippen molar-refractivity contribution in [3.8, 4) is 0 Å². The molecule has 0 spiro atoms. The number of thiazole rings is 1. The van der Waals surface area contributed by atoms with Gasteiger partial charge >= 0.3 is 6.03 Å². The Morgan fingerprint density at radius 1 is 1.45 bits per heavy atom. The predicted molar refractivity (Wildman–Crippen MR) is 73.5 cm³/mol. The van der Waals surface area contributed by atoms with Crippen molar-refractivity contribution in [1.29, 1.82) is 0 Å². The number of carbonyl (C=O) groups excluding carboxylic acids is 2. The molecule has 104 valence electrons. The number of aryl methyl sites for hydroxylation is 1. The van der Waals surface area contributed by atoms with E-state index in [0.717, 1.165) is 10.6 Å². The molecule has 1 aliphatic heterocycles. The average molecular weight is 291 g/mol. The lowest BCUT2D eigenvalue weighted by atomic mass is 10.0. The van der Waals surface area contributed by atoms with Crippen LogP contribution in [-0.4, -0.2) is 32.2 Å². The summed E-state index contributed by atoms with van der Waals surface area (Å²) in [5.74, 6) is -0.313. The number of amides is 3. The quantitative estimate of drug-likeness (QED) is 0.861. The molecular formula is C12H13N5O2S. The lowest BCUT2D eigenvalue weighted by molar-refractivity contribution is -0.122. The molecule has 0 bridgehead atoms. The molecule has 1 unspecified atom stereocenters. The molecule has 0 aromatic carbocycles. The molecule has 1 aliphatic rings. The fraction of sp³-hybridized carbons (Fsp3) is 0.333. The molecule has 2 aromatic rings. The van der Waals surface area contributed by atoms with Gasteiger partial charge in [-0.05, 0) is 19.9 Å². The van der Waals surface area contributed by atoms with Gasteiger partial charge in [0.2, 0.25) is 5.13 Å². The van der Waals surface area contributed by atoms with Gasteiger partial charge in [0.15, 0.2) is 0 Å². The maximum absolute atomic E-state index is 12.5. The van der Waals surface area contributed by atoms with Crippen LogP contribution in [-0.2, 0) is 11.3 Å². The molecule has 20 heavy (non-hydrogen) atoms. The van der Waals surface area contributed by atoms with Gasteiger partial charge in [0.25, 0.3) is 5.91 Å². The second kappa shape index (κ2) is 4.41. The van der Waals surface area contributed by atoms with Crippen molar-refractivity contribution in [3.63, 3.8) is 0 Å². The molecule has 3 rings (SSSR count). The van der Waals surface area contributed by atoms with Gasteiger partial charge in [-0.25, -0.2) is 14.7 Å². The van der Waals surface area contributed by atoms with E-state index in [0.29, 0.717) is 5.13 Å². The average Bonchev–Trinajstić information content (AvgIpc) is 3.04. The van der Waals surface area contributed by atoms with E-state index in [1.54, 1.807) is 35.4 Å². The smallest absolute Gasteiger partial charge is 0.321 e. The molecule has 1 atom stereocenters. The number of urea groups is 1. The summed E-state index contributed by atoms with van der Waals surface area (Å²) in [6, 6.07) is 1.33. The van der Waals surface area contributed by atoms with Crippen molar-refractivity contribution in [2.75, 3.05) is 4.90 Å². The summed E-state index contributed by atoms with van der Waals surface area (Å²) in [6.07, 6.45) is 3.38. The largest absolute Gasteiger partial charge is 0.331 e. The monoisotopic (exact) mass is 291 g/mol. The van der Waals surface area contributed by atoms with Crippen molar-refractivity contribution < 1.29 is 9.59 Å². The molecule has 2 aromatic heterocycles. The predicted octanol–water partition coefficient (Wildman–Crippen LogP) is 1.16. The van der Waals surface area contributed by atoms with E-state index < -0.39 is 11.6 Å². The summed E-state index contributed by atoms with van der Waals surface area (Å²) >= 11 is 1.27. The van der Waals surface area contributed by atoms with Crippen LogP contribution in [0, 0.1) is 6.92 Å². The summed E-state index contributed by atoms with van der Waals surface area (Å²) in [7, 11) is 0. The van der Waals surface area contributed by atoms with E-state index in [9.17, 15) is 9.59 Å². The molecule has 0 aliphatic carbocycles. The fourth-order valence-corrected chi connectivity index (χ4v) is 2.92. The first-order chi connectivity index (χ1) is 9.49. The zero-order chi connectivity index (χ0) is 14.3. The van der Waals surface area contributed by atoms with E-state index in [1.165, 1.54) is 11.3 Å². The SMILES string of the molecule is Cc1csc(N2C(=O)NC(C)(Cn3cccn3)C2=O)n1. The number of hydrogen-bond donors (Lipinski definition) is 1. The first-order valence-electron chi connectivity index (χ1n) is 6.06. The number of nitrogens with zero attached hydrogens (tertiary/aromatic N) is 4. The summed E-state index contributed by atoms with van der Waals surface area (Å²) < 4.78 is 1.62. The van der Waals surface area contributed by atoms with E-state index in [4.69, 9.17) is 0 Å². The number of nitrogens with one attached hydrogen (secondary N) is 1. The third-order valence-corrected chi connectivity index (χ3v) is 4.04. The van der Waals surface area contributed by atoms with Gasteiger partial charge in [0.05, 0.1) is 12.2 Å². The highest BCUT2D eigenvalue weighted by atomic mass is 32.1. The van der Waals surface area contributed by atoms with Gasteiger partial charge in [-0.15, -0.1) is 11.3 Å². The van der Waals surface area contributed by atoms with Crippen LogP contribution in [0.2, 0.25) is 0 Å². The summed E-state index contributed by atoms with van der Waals surface area (Å²) in [4.78, 5) is 29.9. The number of aromatic nitrogens is 3. The highest BCUT2D eigenvalue weighted by Gasteiger charge is 2.49. The van der Waals surface area contributed by atoms with Gasteiger partial charge in [0.1, 0.15) is 5.54 Å². The molecular weight excluding hydrogens is 278 g/mol. The van der Waals surface area contributed by atoms with Gasteiger partial charge in [-0.1, -0.05) is 0 Å². The Balaban J connectivity index is 1.89. The topological polar surface area (TPSA) is 80.1 Å². The number of anilines is 1. The second-order valence-corrected chi connectivity index (χ2v) is 5.71. The molecule has 1 N–H and O–H groups in total. The Labute approximate surface area is 119 Å². The zero-order valence-electron chi connectivity index (χ0n) is 11.0. The van der Waals surface area contributed by atoms with Crippen molar-refractivity contribution in [3.05, 3.63) is 29.5 Å². The van der Waals surface area contributed by atoms with Crippen LogP contribution in [0.1, 0.15) is 12.6 Å². The first-order valence-corrected chi connectivity index (χ1v) is 6.94.